The second kappa shape index (κ2) is 11.9. The van der Waals surface area contributed by atoms with E-state index in [2.05, 4.69) is 102 Å². The Kier molecular flexibility index (Phi) is 10.5. The first-order valence-electron chi connectivity index (χ1n) is 14.5. The summed E-state index contributed by atoms with van der Waals surface area (Å²) < 4.78 is 27.6. The third kappa shape index (κ3) is 8.40. The lowest BCUT2D eigenvalue weighted by Crippen LogP contribution is -2.58. The van der Waals surface area contributed by atoms with Crippen LogP contribution in [0, 0.1) is 0 Å². The molecule has 0 bridgehead atoms. The van der Waals surface area contributed by atoms with Crippen LogP contribution in [-0.4, -0.2) is 55.0 Å². The van der Waals surface area contributed by atoms with Gasteiger partial charge in [-0.05, 0) is 66.0 Å². The molecule has 2 rings (SSSR count). The second-order valence-corrected chi connectivity index (χ2v) is 30.1. The zero-order valence-corrected chi connectivity index (χ0v) is 30.6. The Hall–Kier alpha value is -0.749. The topological polar surface area (TPSA) is 57.2 Å². The maximum atomic E-state index is 11.4. The van der Waals surface area contributed by atoms with Crippen LogP contribution in [0.1, 0.15) is 74.0 Å². The maximum absolute atomic E-state index is 11.4. The van der Waals surface area contributed by atoms with E-state index in [0.717, 1.165) is 5.56 Å². The number of hydrogen-bond acceptors (Lipinski definition) is 5. The molecule has 0 fully saturated rings. The minimum Gasteiger partial charge on any atom is -0.487 e. The van der Waals surface area contributed by atoms with Gasteiger partial charge in [-0.15, -0.1) is 0 Å². The first-order chi connectivity index (χ1) is 17.4. The molecule has 1 aromatic rings. The number of aliphatic hydroxyl groups is 1. The summed E-state index contributed by atoms with van der Waals surface area (Å²) >= 11 is 0. The van der Waals surface area contributed by atoms with E-state index in [-0.39, 0.29) is 27.3 Å². The molecule has 0 saturated carbocycles. The molecule has 1 aliphatic rings. The largest absolute Gasteiger partial charge is 0.487 e. The fraction of sp³-hybridized carbons (Fsp3) is 0.742. The second-order valence-electron chi connectivity index (χ2n) is 15.8. The molecule has 1 N–H and O–H groups in total. The first-order valence-corrected chi connectivity index (χ1v) is 23.2. The zero-order valence-electron chi connectivity index (χ0n) is 27.6. The Bertz CT molecular complexity index is 969. The Balaban J connectivity index is 2.62. The summed E-state index contributed by atoms with van der Waals surface area (Å²) in [6.07, 6.45) is 0.00708. The van der Waals surface area contributed by atoms with Crippen molar-refractivity contribution in [3.8, 4) is 0 Å². The Morgan fingerprint density at radius 2 is 1.21 bits per heavy atom. The van der Waals surface area contributed by atoms with E-state index in [1.165, 1.54) is 0 Å². The molecule has 0 radical (unpaired) electrons. The van der Waals surface area contributed by atoms with Gasteiger partial charge in [-0.1, -0.05) is 92.6 Å². The van der Waals surface area contributed by atoms with Crippen LogP contribution >= 0.6 is 0 Å². The van der Waals surface area contributed by atoms with Crippen molar-refractivity contribution in [3.05, 3.63) is 47.7 Å². The fourth-order valence-electron chi connectivity index (χ4n) is 3.62. The molecule has 0 saturated heterocycles. The van der Waals surface area contributed by atoms with Crippen LogP contribution in [-0.2, 0) is 18.0 Å². The van der Waals surface area contributed by atoms with E-state index in [4.69, 9.17) is 18.0 Å². The molecule has 1 aliphatic heterocycles. The number of ether oxygens (including phenoxy) is 1. The van der Waals surface area contributed by atoms with Crippen LogP contribution in [0.3, 0.4) is 0 Å². The fourth-order valence-corrected chi connectivity index (χ4v) is 7.19. The molecular formula is C31H58O5Si3. The summed E-state index contributed by atoms with van der Waals surface area (Å²) in [7, 11) is -6.46. The molecular weight excluding hydrogens is 537 g/mol. The number of hydrogen-bond donors (Lipinski definition) is 1. The molecule has 0 aliphatic carbocycles. The van der Waals surface area contributed by atoms with E-state index in [1.54, 1.807) is 0 Å². The van der Waals surface area contributed by atoms with Crippen molar-refractivity contribution in [1.82, 2.24) is 0 Å². The van der Waals surface area contributed by atoms with Gasteiger partial charge < -0.3 is 23.1 Å². The number of aliphatic hydroxyl groups excluding tert-OH is 1. The smallest absolute Gasteiger partial charge is 0.193 e. The van der Waals surface area contributed by atoms with Gasteiger partial charge in [-0.25, -0.2) is 0 Å². The summed E-state index contributed by atoms with van der Waals surface area (Å²) in [6, 6.07) is 9.68. The van der Waals surface area contributed by atoms with Crippen LogP contribution in [0.2, 0.25) is 54.4 Å². The zero-order chi connectivity index (χ0) is 30.2. The molecule has 1 heterocycles. The number of rotatable bonds is 9. The monoisotopic (exact) mass is 594 g/mol. The van der Waals surface area contributed by atoms with Gasteiger partial charge in [-0.2, -0.15) is 0 Å². The third-order valence-corrected chi connectivity index (χ3v) is 23.0. The molecule has 224 valence electrons. The summed E-state index contributed by atoms with van der Waals surface area (Å²) in [6.45, 7) is 34.3. The van der Waals surface area contributed by atoms with Crippen LogP contribution in [0.15, 0.2) is 42.2 Å². The van der Waals surface area contributed by atoms with Gasteiger partial charge >= 0.3 is 0 Å². The summed E-state index contributed by atoms with van der Waals surface area (Å²) in [5.41, 5.74) is 0.794. The molecule has 4 atom stereocenters. The molecule has 0 amide bonds. The Morgan fingerprint density at radius 3 is 1.67 bits per heavy atom. The summed E-state index contributed by atoms with van der Waals surface area (Å²) in [5, 5.41) is 11.5. The highest BCUT2D eigenvalue weighted by Gasteiger charge is 2.50. The first kappa shape index (κ1) is 34.5. The van der Waals surface area contributed by atoms with Crippen molar-refractivity contribution >= 4 is 25.0 Å². The number of benzene rings is 1. The molecule has 5 nitrogen and oxygen atoms in total. The summed E-state index contributed by atoms with van der Waals surface area (Å²) in [5.74, 6) is 0.517. The van der Waals surface area contributed by atoms with Crippen molar-refractivity contribution in [2.24, 2.45) is 0 Å². The van der Waals surface area contributed by atoms with Gasteiger partial charge in [0.05, 0.1) is 12.7 Å². The van der Waals surface area contributed by atoms with Crippen molar-refractivity contribution in [2.75, 3.05) is 6.61 Å². The van der Waals surface area contributed by atoms with Crippen LogP contribution < -0.4 is 0 Å². The van der Waals surface area contributed by atoms with Crippen molar-refractivity contribution < 1.29 is 23.1 Å². The predicted molar refractivity (Wildman–Crippen MR) is 172 cm³/mol. The van der Waals surface area contributed by atoms with Crippen LogP contribution in [0.5, 0.6) is 0 Å². The minimum absolute atomic E-state index is 0.0199. The van der Waals surface area contributed by atoms with Crippen molar-refractivity contribution in [1.29, 1.82) is 0 Å². The third-order valence-electron chi connectivity index (χ3n) is 9.58. The SMILES string of the molecule is CC(C)(C)[Si](C)(C)OC[C@H]1OC([C@H](O)c2ccccc2)=C[C@@H](O[Si](C)(C)C(C)(C)C)[C@@H]1O[Si](C)(C)C(C)(C)C. The van der Waals surface area contributed by atoms with Gasteiger partial charge in [0, 0.05) is 0 Å². The van der Waals surface area contributed by atoms with Gasteiger partial charge in [0.25, 0.3) is 0 Å². The van der Waals surface area contributed by atoms with E-state index < -0.39 is 37.2 Å². The molecule has 0 aromatic heterocycles. The molecule has 1 aromatic carbocycles. The molecule has 8 heteroatoms. The highest BCUT2D eigenvalue weighted by Crippen LogP contribution is 2.44. The van der Waals surface area contributed by atoms with Gasteiger partial charge in [0.15, 0.2) is 25.0 Å². The van der Waals surface area contributed by atoms with Gasteiger partial charge in [0.2, 0.25) is 0 Å². The van der Waals surface area contributed by atoms with E-state index in [9.17, 15) is 5.11 Å². The highest BCUT2D eigenvalue weighted by molar-refractivity contribution is 6.75. The quantitative estimate of drug-likeness (QED) is 0.290. The standard InChI is InChI=1S/C31H58O5Si3/c1-29(2,3)37(10,11)33-22-26-28(36-39(14,15)31(7,8)9)25(35-38(12,13)30(4,5)6)21-24(34-26)27(32)23-19-17-16-18-20-23/h16-21,25-28,32H,22H2,1-15H3/t25-,26-,27-,28+/m1/s1. The molecule has 0 unspecified atom stereocenters. The van der Waals surface area contributed by atoms with E-state index in [1.807, 2.05) is 36.4 Å². The van der Waals surface area contributed by atoms with Crippen LogP contribution in [0.25, 0.3) is 0 Å². The molecule has 39 heavy (non-hydrogen) atoms. The normalized spacial score (nSPS) is 22.8. The lowest BCUT2D eigenvalue weighted by molar-refractivity contribution is -0.0920. The van der Waals surface area contributed by atoms with Crippen LogP contribution in [0.4, 0.5) is 0 Å². The lowest BCUT2D eigenvalue weighted by Gasteiger charge is -2.49. The van der Waals surface area contributed by atoms with Gasteiger partial charge in [0.1, 0.15) is 24.1 Å². The summed E-state index contributed by atoms with van der Waals surface area (Å²) in [4.78, 5) is 0. The highest BCUT2D eigenvalue weighted by atomic mass is 28.4. The average Bonchev–Trinajstić information content (AvgIpc) is 2.76. The lowest BCUT2D eigenvalue weighted by atomic mass is 10.00. The minimum atomic E-state index is -2.20. The van der Waals surface area contributed by atoms with Crippen molar-refractivity contribution in [3.63, 3.8) is 0 Å². The molecule has 0 spiro atoms. The van der Waals surface area contributed by atoms with E-state index in [0.29, 0.717) is 12.4 Å². The maximum Gasteiger partial charge on any atom is 0.193 e. The Labute approximate surface area is 243 Å². The Morgan fingerprint density at radius 1 is 0.744 bits per heavy atom. The predicted octanol–water partition coefficient (Wildman–Crippen LogP) is 8.81. The van der Waals surface area contributed by atoms with Gasteiger partial charge in [-0.3, -0.25) is 0 Å². The van der Waals surface area contributed by atoms with E-state index >= 15 is 0 Å². The average molecular weight is 595 g/mol. The van der Waals surface area contributed by atoms with Crippen molar-refractivity contribution in [2.45, 2.75) is 141 Å².